The zero-order valence-electron chi connectivity index (χ0n) is 10.6. The van der Waals surface area contributed by atoms with Crippen LogP contribution in [0, 0.1) is 17.5 Å². The molecule has 0 radical (unpaired) electrons. The molecule has 0 aliphatic carbocycles. The van der Waals surface area contributed by atoms with Gasteiger partial charge in [-0.3, -0.25) is 0 Å². The predicted octanol–water partition coefficient (Wildman–Crippen LogP) is 3.85. The number of nitrogen functional groups attached to an aromatic ring is 1. The van der Waals surface area contributed by atoms with E-state index in [0.29, 0.717) is 11.0 Å². The van der Waals surface area contributed by atoms with Gasteiger partial charge in [0.05, 0.1) is 22.1 Å². The van der Waals surface area contributed by atoms with Crippen LogP contribution in [0.25, 0.3) is 11.0 Å². The van der Waals surface area contributed by atoms with Crippen molar-refractivity contribution >= 4 is 32.9 Å². The van der Waals surface area contributed by atoms with E-state index < -0.39 is 17.5 Å². The lowest BCUT2D eigenvalue weighted by Crippen LogP contribution is -2.06. The molecule has 0 fully saturated rings. The highest BCUT2D eigenvalue weighted by Gasteiger charge is 2.13. The Morgan fingerprint density at radius 1 is 1.10 bits per heavy atom. The van der Waals surface area contributed by atoms with E-state index in [1.807, 2.05) is 0 Å². The highest BCUT2D eigenvalue weighted by Crippen LogP contribution is 2.26. The monoisotopic (exact) mass is 355 g/mol. The van der Waals surface area contributed by atoms with Gasteiger partial charge in [-0.2, -0.15) is 0 Å². The van der Waals surface area contributed by atoms with Crippen molar-refractivity contribution in [3.05, 3.63) is 57.8 Å². The fraction of sp³-hybridized carbons (Fsp3) is 0.0714. The maximum Gasteiger partial charge on any atom is 0.201 e. The number of hydrogen-bond acceptors (Lipinski definition) is 2. The van der Waals surface area contributed by atoms with Gasteiger partial charge in [0.1, 0.15) is 17.5 Å². The van der Waals surface area contributed by atoms with Crippen molar-refractivity contribution in [3.63, 3.8) is 0 Å². The van der Waals surface area contributed by atoms with Crippen molar-refractivity contribution in [3.8, 4) is 0 Å². The quantitative estimate of drug-likeness (QED) is 0.758. The van der Waals surface area contributed by atoms with Crippen molar-refractivity contribution in [1.29, 1.82) is 0 Å². The largest absolute Gasteiger partial charge is 0.369 e. The Bertz CT molecular complexity index is 845. The molecule has 108 valence electrons. The molecule has 0 bridgehead atoms. The number of fused-ring (bicyclic) bond motifs is 1. The van der Waals surface area contributed by atoms with Crippen molar-refractivity contribution in [1.82, 2.24) is 9.55 Å². The van der Waals surface area contributed by atoms with E-state index in [2.05, 4.69) is 20.9 Å². The first-order chi connectivity index (χ1) is 9.95. The van der Waals surface area contributed by atoms with E-state index in [9.17, 15) is 13.2 Å². The lowest BCUT2D eigenvalue weighted by molar-refractivity contribution is 0.568. The average molecular weight is 356 g/mol. The maximum atomic E-state index is 13.7. The van der Waals surface area contributed by atoms with E-state index in [-0.39, 0.29) is 22.5 Å². The topological polar surface area (TPSA) is 43.8 Å². The number of imidazole rings is 1. The molecule has 0 amide bonds. The SMILES string of the molecule is Nc1nc2cc(Br)c(F)cc2n1Cc1ccc(F)cc1F. The molecule has 7 heteroatoms. The number of benzene rings is 2. The minimum Gasteiger partial charge on any atom is -0.369 e. The molecule has 0 spiro atoms. The Hall–Kier alpha value is -2.02. The van der Waals surface area contributed by atoms with Crippen molar-refractivity contribution in [2.24, 2.45) is 0 Å². The van der Waals surface area contributed by atoms with Gasteiger partial charge in [0, 0.05) is 17.7 Å². The summed E-state index contributed by atoms with van der Waals surface area (Å²) in [5.41, 5.74) is 6.97. The lowest BCUT2D eigenvalue weighted by Gasteiger charge is -2.08. The Labute approximate surface area is 126 Å². The van der Waals surface area contributed by atoms with Crippen LogP contribution in [-0.4, -0.2) is 9.55 Å². The van der Waals surface area contributed by atoms with Crippen LogP contribution in [0.1, 0.15) is 5.56 Å². The van der Waals surface area contributed by atoms with Crippen LogP contribution in [0.3, 0.4) is 0 Å². The minimum atomic E-state index is -0.686. The minimum absolute atomic E-state index is 0.0372. The smallest absolute Gasteiger partial charge is 0.201 e. The second-order valence-corrected chi connectivity index (χ2v) is 5.40. The fourth-order valence-electron chi connectivity index (χ4n) is 2.13. The first-order valence-corrected chi connectivity index (χ1v) is 6.79. The van der Waals surface area contributed by atoms with Crippen LogP contribution in [0.2, 0.25) is 0 Å². The van der Waals surface area contributed by atoms with E-state index in [4.69, 9.17) is 5.73 Å². The molecule has 3 rings (SSSR count). The van der Waals surface area contributed by atoms with Crippen molar-refractivity contribution in [2.45, 2.75) is 6.54 Å². The summed E-state index contributed by atoms with van der Waals surface area (Å²) >= 11 is 3.07. The van der Waals surface area contributed by atoms with Gasteiger partial charge in [0.15, 0.2) is 0 Å². The zero-order valence-corrected chi connectivity index (χ0v) is 12.2. The molecule has 21 heavy (non-hydrogen) atoms. The van der Waals surface area contributed by atoms with Crippen LogP contribution in [0.4, 0.5) is 19.1 Å². The molecule has 1 aromatic heterocycles. The molecule has 1 heterocycles. The summed E-state index contributed by atoms with van der Waals surface area (Å²) in [6, 6.07) is 6.04. The molecule has 0 saturated heterocycles. The maximum absolute atomic E-state index is 13.7. The Balaban J connectivity index is 2.12. The first-order valence-electron chi connectivity index (χ1n) is 6.00. The van der Waals surface area contributed by atoms with E-state index >= 15 is 0 Å². The van der Waals surface area contributed by atoms with Crippen LogP contribution in [0.5, 0.6) is 0 Å². The molecule has 0 aliphatic rings. The molecule has 2 N–H and O–H groups in total. The van der Waals surface area contributed by atoms with Gasteiger partial charge < -0.3 is 10.3 Å². The van der Waals surface area contributed by atoms with Gasteiger partial charge >= 0.3 is 0 Å². The van der Waals surface area contributed by atoms with Gasteiger partial charge in [-0.05, 0) is 28.1 Å². The summed E-state index contributed by atoms with van der Waals surface area (Å²) in [5, 5.41) is 0. The number of halogens is 4. The van der Waals surface area contributed by atoms with Gasteiger partial charge in [-0.25, -0.2) is 18.2 Å². The second-order valence-electron chi connectivity index (χ2n) is 4.55. The molecule has 3 aromatic rings. The van der Waals surface area contributed by atoms with E-state index in [1.165, 1.54) is 22.8 Å². The number of anilines is 1. The number of hydrogen-bond donors (Lipinski definition) is 1. The zero-order chi connectivity index (χ0) is 15.1. The standard InChI is InChI=1S/C14H9BrF3N3/c15-9-4-12-13(5-11(9)18)21(14(19)20-12)6-7-1-2-8(16)3-10(7)17/h1-5H,6H2,(H2,19,20). The molecule has 0 atom stereocenters. The summed E-state index contributed by atoms with van der Waals surface area (Å²) in [5.74, 6) is -1.68. The van der Waals surface area contributed by atoms with Gasteiger partial charge in [0.25, 0.3) is 0 Å². The molecular formula is C14H9BrF3N3. The van der Waals surface area contributed by atoms with Crippen molar-refractivity contribution in [2.75, 3.05) is 5.73 Å². The molecule has 0 unspecified atom stereocenters. The van der Waals surface area contributed by atoms with Crippen LogP contribution in [0.15, 0.2) is 34.8 Å². The first kappa shape index (κ1) is 13.9. The van der Waals surface area contributed by atoms with Gasteiger partial charge in [-0.15, -0.1) is 0 Å². The number of rotatable bonds is 2. The van der Waals surface area contributed by atoms with Gasteiger partial charge in [0.2, 0.25) is 5.95 Å². The van der Waals surface area contributed by atoms with Crippen LogP contribution < -0.4 is 5.73 Å². The number of nitrogens with two attached hydrogens (primary N) is 1. The summed E-state index contributed by atoms with van der Waals surface area (Å²) in [6.45, 7) is 0.0372. The third-order valence-corrected chi connectivity index (χ3v) is 3.77. The fourth-order valence-corrected chi connectivity index (χ4v) is 2.46. The highest BCUT2D eigenvalue weighted by atomic mass is 79.9. The van der Waals surface area contributed by atoms with E-state index in [1.54, 1.807) is 0 Å². The summed E-state index contributed by atoms with van der Waals surface area (Å²) in [6.07, 6.45) is 0. The molecule has 2 aromatic carbocycles. The lowest BCUT2D eigenvalue weighted by atomic mass is 10.2. The highest BCUT2D eigenvalue weighted by molar-refractivity contribution is 9.10. The average Bonchev–Trinajstić information content (AvgIpc) is 2.69. The molecular weight excluding hydrogens is 347 g/mol. The number of nitrogens with zero attached hydrogens (tertiary/aromatic N) is 2. The summed E-state index contributed by atoms with van der Waals surface area (Å²) < 4.78 is 42.0. The number of aromatic nitrogens is 2. The van der Waals surface area contributed by atoms with Crippen molar-refractivity contribution < 1.29 is 13.2 Å². The summed E-state index contributed by atoms with van der Waals surface area (Å²) in [7, 11) is 0. The Morgan fingerprint density at radius 2 is 1.86 bits per heavy atom. The van der Waals surface area contributed by atoms with Crippen LogP contribution >= 0.6 is 15.9 Å². The summed E-state index contributed by atoms with van der Waals surface area (Å²) in [4.78, 5) is 4.11. The van der Waals surface area contributed by atoms with Gasteiger partial charge in [-0.1, -0.05) is 6.07 Å². The van der Waals surface area contributed by atoms with E-state index in [0.717, 1.165) is 12.1 Å². The molecule has 0 aliphatic heterocycles. The normalized spacial score (nSPS) is 11.2. The molecule has 0 saturated carbocycles. The Morgan fingerprint density at radius 3 is 2.57 bits per heavy atom. The second kappa shape index (κ2) is 5.07. The van der Waals surface area contributed by atoms with Crippen LogP contribution in [-0.2, 0) is 6.54 Å². The molecule has 3 nitrogen and oxygen atoms in total. The third-order valence-electron chi connectivity index (χ3n) is 3.16. The third kappa shape index (κ3) is 2.49. The predicted molar refractivity (Wildman–Crippen MR) is 77.3 cm³/mol. The Kier molecular flexibility index (Phi) is 3.36.